The molecule has 1 aliphatic rings. The smallest absolute Gasteiger partial charge is 0.336 e. The fourth-order valence-electron chi connectivity index (χ4n) is 0.620. The van der Waals surface area contributed by atoms with E-state index >= 15 is 0 Å². The van der Waals surface area contributed by atoms with E-state index in [1.807, 2.05) is 0 Å². The maximum atomic E-state index is 10.4. The molecule has 0 saturated carbocycles. The molecular weight excluding hydrogens is 144 g/mol. The molecule has 56 valence electrons. The number of carbonyl (C=O) groups is 2. The van der Waals surface area contributed by atoms with Crippen molar-refractivity contribution in [3.05, 3.63) is 36.1 Å². The lowest BCUT2D eigenvalue weighted by molar-refractivity contribution is -0.132. The SMILES string of the molecule is O=C/C=C/C=C1\C=CC(=O)O1. The van der Waals surface area contributed by atoms with Gasteiger partial charge in [-0.1, -0.05) is 6.08 Å². The van der Waals surface area contributed by atoms with Gasteiger partial charge in [0, 0.05) is 6.08 Å². The quantitative estimate of drug-likeness (QED) is 0.331. The van der Waals surface area contributed by atoms with E-state index in [1.54, 1.807) is 0 Å². The highest BCUT2D eigenvalue weighted by Crippen LogP contribution is 2.08. The monoisotopic (exact) mass is 150 g/mol. The Balaban J connectivity index is 2.56. The molecule has 0 bridgehead atoms. The molecule has 1 aliphatic heterocycles. The van der Waals surface area contributed by atoms with Gasteiger partial charge in [-0.15, -0.1) is 0 Å². The number of rotatable bonds is 2. The molecule has 0 aromatic rings. The van der Waals surface area contributed by atoms with Crippen LogP contribution in [0.15, 0.2) is 36.1 Å². The van der Waals surface area contributed by atoms with Crippen molar-refractivity contribution < 1.29 is 14.3 Å². The van der Waals surface area contributed by atoms with Gasteiger partial charge in [0.05, 0.1) is 0 Å². The first-order chi connectivity index (χ1) is 5.33. The zero-order valence-electron chi connectivity index (χ0n) is 5.69. The Hall–Kier alpha value is -1.64. The summed E-state index contributed by atoms with van der Waals surface area (Å²) in [6.45, 7) is 0. The first-order valence-electron chi connectivity index (χ1n) is 3.05. The molecule has 3 nitrogen and oxygen atoms in total. The van der Waals surface area contributed by atoms with Crippen LogP contribution in [-0.2, 0) is 14.3 Å². The Morgan fingerprint density at radius 3 is 2.64 bits per heavy atom. The molecule has 0 aromatic heterocycles. The second-order valence-electron chi connectivity index (χ2n) is 1.84. The molecule has 11 heavy (non-hydrogen) atoms. The van der Waals surface area contributed by atoms with E-state index in [4.69, 9.17) is 0 Å². The largest absolute Gasteiger partial charge is 0.423 e. The summed E-state index contributed by atoms with van der Waals surface area (Å²) in [7, 11) is 0. The van der Waals surface area contributed by atoms with Gasteiger partial charge >= 0.3 is 5.97 Å². The molecule has 0 fully saturated rings. The van der Waals surface area contributed by atoms with Crippen LogP contribution in [0.25, 0.3) is 0 Å². The van der Waals surface area contributed by atoms with Crippen LogP contribution in [0.2, 0.25) is 0 Å². The second-order valence-corrected chi connectivity index (χ2v) is 1.84. The molecule has 0 unspecified atom stereocenters. The summed E-state index contributed by atoms with van der Waals surface area (Å²) < 4.78 is 4.65. The third kappa shape index (κ3) is 2.21. The summed E-state index contributed by atoms with van der Waals surface area (Å²) in [4.78, 5) is 20.2. The van der Waals surface area contributed by atoms with Crippen LogP contribution in [0, 0.1) is 0 Å². The van der Waals surface area contributed by atoms with Crippen molar-refractivity contribution in [1.29, 1.82) is 0 Å². The molecule has 0 aliphatic carbocycles. The Bertz CT molecular complexity index is 259. The number of cyclic esters (lactones) is 1. The van der Waals surface area contributed by atoms with Gasteiger partial charge in [0.1, 0.15) is 12.0 Å². The van der Waals surface area contributed by atoms with E-state index in [0.717, 1.165) is 0 Å². The normalized spacial score (nSPS) is 19.6. The summed E-state index contributed by atoms with van der Waals surface area (Å²) in [5, 5.41) is 0. The number of hydrogen-bond donors (Lipinski definition) is 0. The molecule has 0 amide bonds. The van der Waals surface area contributed by atoms with Crippen LogP contribution in [0.1, 0.15) is 0 Å². The van der Waals surface area contributed by atoms with Crippen LogP contribution in [-0.4, -0.2) is 12.3 Å². The zero-order chi connectivity index (χ0) is 8.10. The average molecular weight is 150 g/mol. The minimum absolute atomic E-state index is 0.379. The lowest BCUT2D eigenvalue weighted by Gasteiger charge is -1.90. The zero-order valence-corrected chi connectivity index (χ0v) is 5.69. The topological polar surface area (TPSA) is 43.4 Å². The summed E-state index contributed by atoms with van der Waals surface area (Å²) in [6, 6.07) is 0. The van der Waals surface area contributed by atoms with Gasteiger partial charge in [-0.2, -0.15) is 0 Å². The highest BCUT2D eigenvalue weighted by Gasteiger charge is 2.06. The Kier molecular flexibility index (Phi) is 2.38. The van der Waals surface area contributed by atoms with Gasteiger partial charge in [0.15, 0.2) is 0 Å². The number of esters is 1. The van der Waals surface area contributed by atoms with E-state index in [0.29, 0.717) is 12.0 Å². The number of aldehydes is 1. The molecule has 1 rings (SSSR count). The van der Waals surface area contributed by atoms with E-state index < -0.39 is 0 Å². The average Bonchev–Trinajstić information content (AvgIpc) is 2.37. The Morgan fingerprint density at radius 1 is 1.27 bits per heavy atom. The fourth-order valence-corrected chi connectivity index (χ4v) is 0.620. The summed E-state index contributed by atoms with van der Waals surface area (Å²) in [6.07, 6.45) is 7.86. The van der Waals surface area contributed by atoms with Gasteiger partial charge in [-0.3, -0.25) is 4.79 Å². The predicted molar refractivity (Wildman–Crippen MR) is 38.5 cm³/mol. The third-order valence-electron chi connectivity index (χ3n) is 1.05. The summed E-state index contributed by atoms with van der Waals surface area (Å²) >= 11 is 0. The van der Waals surface area contributed by atoms with Crippen molar-refractivity contribution in [2.75, 3.05) is 0 Å². The van der Waals surface area contributed by atoms with Gasteiger partial charge in [-0.05, 0) is 18.2 Å². The van der Waals surface area contributed by atoms with Crippen molar-refractivity contribution in [2.45, 2.75) is 0 Å². The number of hydrogen-bond acceptors (Lipinski definition) is 3. The molecule has 0 aromatic carbocycles. The van der Waals surface area contributed by atoms with Gasteiger partial charge in [0.25, 0.3) is 0 Å². The van der Waals surface area contributed by atoms with Crippen LogP contribution >= 0.6 is 0 Å². The lowest BCUT2D eigenvalue weighted by atomic mass is 10.4. The minimum Gasteiger partial charge on any atom is -0.423 e. The van der Waals surface area contributed by atoms with Crippen LogP contribution in [0.4, 0.5) is 0 Å². The maximum absolute atomic E-state index is 10.4. The molecule has 0 saturated heterocycles. The van der Waals surface area contributed by atoms with Crippen LogP contribution in [0.3, 0.4) is 0 Å². The van der Waals surface area contributed by atoms with Crippen molar-refractivity contribution in [3.8, 4) is 0 Å². The maximum Gasteiger partial charge on any atom is 0.336 e. The number of ether oxygens (including phenoxy) is 1. The van der Waals surface area contributed by atoms with Crippen molar-refractivity contribution in [1.82, 2.24) is 0 Å². The van der Waals surface area contributed by atoms with Gasteiger partial charge in [0.2, 0.25) is 0 Å². The molecular formula is C8H6O3. The Morgan fingerprint density at radius 2 is 2.09 bits per heavy atom. The Labute approximate surface area is 63.7 Å². The van der Waals surface area contributed by atoms with E-state index in [1.165, 1.54) is 30.4 Å². The third-order valence-corrected chi connectivity index (χ3v) is 1.05. The molecule has 3 heteroatoms. The predicted octanol–water partition coefficient (Wildman–Crippen LogP) is 0.738. The second kappa shape index (κ2) is 3.51. The van der Waals surface area contributed by atoms with E-state index in [-0.39, 0.29) is 5.97 Å². The first-order valence-corrected chi connectivity index (χ1v) is 3.05. The molecule has 0 spiro atoms. The van der Waals surface area contributed by atoms with Crippen molar-refractivity contribution >= 4 is 12.3 Å². The molecule has 0 N–H and O–H groups in total. The number of carbonyl (C=O) groups excluding carboxylic acids is 2. The van der Waals surface area contributed by atoms with Crippen molar-refractivity contribution in [2.24, 2.45) is 0 Å². The van der Waals surface area contributed by atoms with Crippen LogP contribution in [0.5, 0.6) is 0 Å². The molecule has 0 radical (unpaired) electrons. The highest BCUT2D eigenvalue weighted by molar-refractivity contribution is 5.86. The van der Waals surface area contributed by atoms with Crippen molar-refractivity contribution in [3.63, 3.8) is 0 Å². The summed E-state index contributed by atoms with van der Waals surface area (Å²) in [5.74, 6) is 0.0730. The minimum atomic E-state index is -0.379. The van der Waals surface area contributed by atoms with E-state index in [2.05, 4.69) is 4.74 Å². The highest BCUT2D eigenvalue weighted by atomic mass is 16.5. The molecule has 0 atom stereocenters. The van der Waals surface area contributed by atoms with E-state index in [9.17, 15) is 9.59 Å². The summed E-state index contributed by atoms with van der Waals surface area (Å²) in [5.41, 5.74) is 0. The standard InChI is InChI=1S/C8H6O3/c9-6-2-1-3-7-4-5-8(10)11-7/h1-6H/b2-1+,7-3+. The van der Waals surface area contributed by atoms with Gasteiger partial charge < -0.3 is 4.74 Å². The first kappa shape index (κ1) is 7.47. The number of allylic oxidation sites excluding steroid dienone is 4. The fraction of sp³-hybridized carbons (Fsp3) is 0. The van der Waals surface area contributed by atoms with Crippen LogP contribution < -0.4 is 0 Å². The lowest BCUT2D eigenvalue weighted by Crippen LogP contribution is -1.89. The molecule has 1 heterocycles. The van der Waals surface area contributed by atoms with Gasteiger partial charge in [-0.25, -0.2) is 4.79 Å².